The van der Waals surface area contributed by atoms with Gasteiger partial charge in [-0.05, 0) is 51.4 Å². The van der Waals surface area contributed by atoms with E-state index in [1.807, 2.05) is 6.08 Å². The summed E-state index contributed by atoms with van der Waals surface area (Å²) in [6.07, 6.45) is 66.1. The summed E-state index contributed by atoms with van der Waals surface area (Å²) < 4.78 is 5.41. The third kappa shape index (κ3) is 49.5. The van der Waals surface area contributed by atoms with Crippen LogP contribution in [0.2, 0.25) is 0 Å². The van der Waals surface area contributed by atoms with Crippen LogP contribution >= 0.6 is 0 Å². The van der Waals surface area contributed by atoms with Crippen LogP contribution in [0.1, 0.15) is 296 Å². The van der Waals surface area contributed by atoms with Crippen LogP contribution in [0.4, 0.5) is 0 Å². The van der Waals surface area contributed by atoms with E-state index in [1.165, 1.54) is 218 Å². The highest BCUT2D eigenvalue weighted by Crippen LogP contribution is 2.16. The molecule has 0 radical (unpaired) electrons. The topological polar surface area (TPSA) is 95.9 Å². The van der Waals surface area contributed by atoms with Crippen molar-refractivity contribution in [3.63, 3.8) is 0 Å². The number of aliphatic hydroxyl groups is 2. The van der Waals surface area contributed by atoms with Crippen LogP contribution in [0.25, 0.3) is 0 Å². The minimum absolute atomic E-state index is 0.0339. The van der Waals surface area contributed by atoms with Crippen LogP contribution in [0.15, 0.2) is 36.5 Å². The summed E-state index contributed by atoms with van der Waals surface area (Å²) in [5.74, 6) is -0.107. The zero-order valence-electron chi connectivity index (χ0n) is 42.8. The maximum Gasteiger partial charge on any atom is 0.305 e. The first kappa shape index (κ1) is 62.1. The Morgan fingerprint density at radius 1 is 0.438 bits per heavy atom. The number of carbonyl (C=O) groups excluding carboxylic acids is 2. The lowest BCUT2D eigenvalue weighted by molar-refractivity contribution is -0.143. The Morgan fingerprint density at radius 2 is 0.781 bits per heavy atom. The van der Waals surface area contributed by atoms with Gasteiger partial charge in [0, 0.05) is 12.8 Å². The molecule has 6 nitrogen and oxygen atoms in total. The van der Waals surface area contributed by atoms with Crippen molar-refractivity contribution in [3.8, 4) is 0 Å². The molecule has 6 heteroatoms. The Morgan fingerprint density at radius 3 is 1.19 bits per heavy atom. The SMILES string of the molecule is CCCCCCCCCCCC/C=C/C(O)C(CO)NC(=O)CCCCCCCCCCCCCCCC/C=C\C/C=C\CCOC(=O)CCCCCCCCCCCCCCCC. The van der Waals surface area contributed by atoms with Gasteiger partial charge in [0.25, 0.3) is 0 Å². The first-order chi connectivity index (χ1) is 31.5. The second-order valence-electron chi connectivity index (χ2n) is 19.3. The van der Waals surface area contributed by atoms with E-state index >= 15 is 0 Å². The third-order valence-electron chi connectivity index (χ3n) is 12.9. The third-order valence-corrected chi connectivity index (χ3v) is 12.9. The molecule has 0 aliphatic carbocycles. The number of hydrogen-bond donors (Lipinski definition) is 3. The average molecular weight is 901 g/mol. The second-order valence-corrected chi connectivity index (χ2v) is 19.3. The van der Waals surface area contributed by atoms with Gasteiger partial charge in [0.15, 0.2) is 0 Å². The number of esters is 1. The van der Waals surface area contributed by atoms with Gasteiger partial charge in [0.1, 0.15) is 0 Å². The number of unbranched alkanes of at least 4 members (excludes halogenated alkanes) is 37. The molecular weight excluding hydrogens is 791 g/mol. The zero-order chi connectivity index (χ0) is 46.5. The molecule has 0 aromatic rings. The van der Waals surface area contributed by atoms with Crippen molar-refractivity contribution in [1.29, 1.82) is 0 Å². The van der Waals surface area contributed by atoms with Crippen molar-refractivity contribution in [3.05, 3.63) is 36.5 Å². The number of carbonyl (C=O) groups is 2. The predicted octanol–water partition coefficient (Wildman–Crippen LogP) is 17.2. The summed E-state index contributed by atoms with van der Waals surface area (Å²) in [5.41, 5.74) is 0. The lowest BCUT2D eigenvalue weighted by Gasteiger charge is -2.20. The standard InChI is InChI=1S/C58H109NO5/c1-3-5-7-9-11-13-15-17-28-32-36-40-44-48-52-58(63)64-53-49-45-41-37-33-29-26-24-22-20-18-19-21-23-25-27-31-35-39-43-47-51-57(62)59-55(54-60)56(61)50-46-42-38-34-30-16-14-12-10-8-6-4-2/h29,33,41,45-46,50,55-56,60-61H,3-28,30-32,34-40,42-44,47-49,51-54H2,1-2H3,(H,59,62)/b33-29-,45-41-,50-46+. The summed E-state index contributed by atoms with van der Waals surface area (Å²) >= 11 is 0. The van der Waals surface area contributed by atoms with Crippen LogP contribution in [0.5, 0.6) is 0 Å². The molecule has 376 valence electrons. The molecule has 0 aromatic heterocycles. The Hall–Kier alpha value is -1.92. The van der Waals surface area contributed by atoms with Gasteiger partial charge in [0.05, 0.1) is 25.4 Å². The number of amides is 1. The number of hydrogen-bond acceptors (Lipinski definition) is 5. The first-order valence-corrected chi connectivity index (χ1v) is 28.3. The van der Waals surface area contributed by atoms with E-state index in [4.69, 9.17) is 4.74 Å². The summed E-state index contributed by atoms with van der Waals surface area (Å²) in [7, 11) is 0. The van der Waals surface area contributed by atoms with Crippen LogP contribution in [0, 0.1) is 0 Å². The molecular formula is C58H109NO5. The van der Waals surface area contributed by atoms with Crippen LogP contribution in [0.3, 0.4) is 0 Å². The number of allylic oxidation sites excluding steroid dienone is 4. The van der Waals surface area contributed by atoms with E-state index in [2.05, 4.69) is 43.5 Å². The van der Waals surface area contributed by atoms with Gasteiger partial charge in [-0.1, -0.05) is 269 Å². The van der Waals surface area contributed by atoms with Crippen molar-refractivity contribution >= 4 is 11.9 Å². The minimum Gasteiger partial charge on any atom is -0.465 e. The van der Waals surface area contributed by atoms with Crippen molar-refractivity contribution in [2.24, 2.45) is 0 Å². The molecule has 3 N–H and O–H groups in total. The maximum atomic E-state index is 12.4. The lowest BCUT2D eigenvalue weighted by atomic mass is 10.0. The van der Waals surface area contributed by atoms with Gasteiger partial charge >= 0.3 is 5.97 Å². The Bertz CT molecular complexity index is 1040. The van der Waals surface area contributed by atoms with Crippen LogP contribution in [-0.4, -0.2) is 47.4 Å². The fraction of sp³-hybridized carbons (Fsp3) is 0.862. The van der Waals surface area contributed by atoms with Crippen molar-refractivity contribution < 1.29 is 24.5 Å². The number of aliphatic hydroxyl groups excluding tert-OH is 2. The molecule has 0 saturated heterocycles. The molecule has 2 atom stereocenters. The highest BCUT2D eigenvalue weighted by atomic mass is 16.5. The number of rotatable bonds is 52. The molecule has 1 amide bonds. The molecule has 0 spiro atoms. The molecule has 0 saturated carbocycles. The summed E-state index contributed by atoms with van der Waals surface area (Å²) in [6.45, 7) is 4.79. The molecule has 0 heterocycles. The summed E-state index contributed by atoms with van der Waals surface area (Å²) in [4.78, 5) is 24.4. The van der Waals surface area contributed by atoms with Gasteiger partial charge < -0.3 is 20.3 Å². The molecule has 0 rings (SSSR count). The minimum atomic E-state index is -0.847. The van der Waals surface area contributed by atoms with Crippen molar-refractivity contribution in [2.45, 2.75) is 309 Å². The Kier molecular flexibility index (Phi) is 52.1. The molecule has 64 heavy (non-hydrogen) atoms. The molecule has 2 unspecified atom stereocenters. The normalized spacial score (nSPS) is 12.9. The summed E-state index contributed by atoms with van der Waals surface area (Å²) in [5, 5.41) is 23.0. The maximum absolute atomic E-state index is 12.4. The Balaban J connectivity index is 3.46. The van der Waals surface area contributed by atoms with E-state index in [9.17, 15) is 19.8 Å². The predicted molar refractivity (Wildman–Crippen MR) is 278 cm³/mol. The highest BCUT2D eigenvalue weighted by Gasteiger charge is 2.18. The molecule has 0 aliphatic rings. The highest BCUT2D eigenvalue weighted by molar-refractivity contribution is 5.76. The van der Waals surface area contributed by atoms with E-state index in [0.29, 0.717) is 19.4 Å². The lowest BCUT2D eigenvalue weighted by Crippen LogP contribution is -2.45. The summed E-state index contributed by atoms with van der Waals surface area (Å²) in [6, 6.07) is -0.630. The van der Waals surface area contributed by atoms with Crippen molar-refractivity contribution in [1.82, 2.24) is 5.32 Å². The molecule has 0 aromatic carbocycles. The average Bonchev–Trinajstić information content (AvgIpc) is 3.29. The van der Waals surface area contributed by atoms with Gasteiger partial charge in [-0.3, -0.25) is 9.59 Å². The first-order valence-electron chi connectivity index (χ1n) is 28.3. The monoisotopic (exact) mass is 900 g/mol. The van der Waals surface area contributed by atoms with Crippen LogP contribution in [-0.2, 0) is 14.3 Å². The molecule has 0 fully saturated rings. The van der Waals surface area contributed by atoms with E-state index in [0.717, 1.165) is 51.4 Å². The van der Waals surface area contributed by atoms with Crippen molar-refractivity contribution in [2.75, 3.05) is 13.2 Å². The molecule has 0 bridgehead atoms. The fourth-order valence-electron chi connectivity index (χ4n) is 8.59. The van der Waals surface area contributed by atoms with Gasteiger partial charge in [-0.25, -0.2) is 0 Å². The smallest absolute Gasteiger partial charge is 0.305 e. The van der Waals surface area contributed by atoms with E-state index in [-0.39, 0.29) is 18.5 Å². The number of ether oxygens (including phenoxy) is 1. The van der Waals surface area contributed by atoms with Gasteiger partial charge in [-0.2, -0.15) is 0 Å². The number of nitrogens with one attached hydrogen (secondary N) is 1. The van der Waals surface area contributed by atoms with Gasteiger partial charge in [0.2, 0.25) is 5.91 Å². The zero-order valence-corrected chi connectivity index (χ0v) is 42.8. The van der Waals surface area contributed by atoms with Crippen LogP contribution < -0.4 is 5.32 Å². The van der Waals surface area contributed by atoms with Gasteiger partial charge in [-0.15, -0.1) is 0 Å². The quantitative estimate of drug-likeness (QED) is 0.0321. The fourth-order valence-corrected chi connectivity index (χ4v) is 8.59. The second kappa shape index (κ2) is 53.7. The molecule has 0 aliphatic heterocycles. The van der Waals surface area contributed by atoms with E-state index in [1.54, 1.807) is 6.08 Å². The Labute approximate surface area is 398 Å². The largest absolute Gasteiger partial charge is 0.465 e. The van der Waals surface area contributed by atoms with E-state index < -0.39 is 12.1 Å².